The second-order valence-electron chi connectivity index (χ2n) is 8.04. The quantitative estimate of drug-likeness (QED) is 0.593. The van der Waals surface area contributed by atoms with Crippen molar-refractivity contribution < 1.29 is 19.4 Å². The summed E-state index contributed by atoms with van der Waals surface area (Å²) < 4.78 is 13.2. The summed E-state index contributed by atoms with van der Waals surface area (Å²) in [5, 5.41) is 19.4. The summed E-state index contributed by atoms with van der Waals surface area (Å²) >= 11 is 0. The molecular formula is C26H25FO3. The van der Waals surface area contributed by atoms with Crippen LogP contribution >= 0.6 is 0 Å². The molecule has 0 unspecified atom stereocenters. The Morgan fingerprint density at radius 1 is 0.933 bits per heavy atom. The summed E-state index contributed by atoms with van der Waals surface area (Å²) in [5.41, 5.74) is 6.68. The topological polar surface area (TPSA) is 57.5 Å². The molecule has 2 N–H and O–H groups in total. The van der Waals surface area contributed by atoms with E-state index in [-0.39, 0.29) is 11.9 Å². The number of aryl methyl sites for hydroxylation is 3. The van der Waals surface area contributed by atoms with Crippen molar-refractivity contribution in [1.29, 1.82) is 0 Å². The number of benzene rings is 3. The monoisotopic (exact) mass is 404 g/mol. The highest BCUT2D eigenvalue weighted by Crippen LogP contribution is 2.26. The molecule has 0 fully saturated rings. The molecule has 1 aliphatic carbocycles. The first-order valence-electron chi connectivity index (χ1n) is 10.4. The predicted octanol–water partition coefficient (Wildman–Crippen LogP) is 5.22. The molecule has 0 aromatic heterocycles. The Bertz CT molecular complexity index is 1060. The van der Waals surface area contributed by atoms with Crippen LogP contribution in [-0.2, 0) is 25.7 Å². The number of carboxylic acids is 1. The molecule has 1 atom stereocenters. The van der Waals surface area contributed by atoms with Gasteiger partial charge >= 0.3 is 5.97 Å². The lowest BCUT2D eigenvalue weighted by Gasteiger charge is -2.21. The zero-order valence-electron chi connectivity index (χ0n) is 16.8. The van der Waals surface area contributed by atoms with E-state index in [2.05, 4.69) is 18.2 Å². The lowest BCUT2D eigenvalue weighted by Crippen LogP contribution is -2.18. The fourth-order valence-electron chi connectivity index (χ4n) is 4.26. The van der Waals surface area contributed by atoms with Crippen LogP contribution < -0.4 is 0 Å². The molecule has 1 aliphatic rings. The van der Waals surface area contributed by atoms with Crippen LogP contribution in [0.5, 0.6) is 0 Å². The maximum Gasteiger partial charge on any atom is 0.335 e. The highest BCUT2D eigenvalue weighted by atomic mass is 19.1. The lowest BCUT2D eigenvalue weighted by molar-refractivity contribution is 0.0695. The van der Waals surface area contributed by atoms with Gasteiger partial charge in [-0.25, -0.2) is 9.18 Å². The summed E-state index contributed by atoms with van der Waals surface area (Å²) in [6.45, 7) is 0. The number of aromatic carboxylic acids is 1. The van der Waals surface area contributed by atoms with Gasteiger partial charge in [-0.05, 0) is 90.1 Å². The Balaban J connectivity index is 1.49. The van der Waals surface area contributed by atoms with Crippen molar-refractivity contribution in [2.45, 2.75) is 44.6 Å². The lowest BCUT2D eigenvalue weighted by atomic mass is 9.88. The number of aliphatic hydroxyl groups excluding tert-OH is 1. The van der Waals surface area contributed by atoms with E-state index in [1.165, 1.54) is 28.8 Å². The van der Waals surface area contributed by atoms with Crippen LogP contribution in [0, 0.1) is 5.82 Å². The van der Waals surface area contributed by atoms with Crippen LogP contribution in [-0.4, -0.2) is 22.3 Å². The molecule has 0 radical (unpaired) electrons. The van der Waals surface area contributed by atoms with Gasteiger partial charge in [0.2, 0.25) is 0 Å². The fraction of sp³-hybridized carbons (Fsp3) is 0.269. The standard InChI is InChI=1S/C26H25FO3/c27-23-10-6-18(7-11-23)20-9-13-25(26(29)30)22(15-20)3-1-2-17-4-5-21-16-24(28)12-8-19(21)14-17/h4-7,9-11,13-15,24,28H,1-3,8,12,16H2,(H,29,30)/t24-/m1/s1. The van der Waals surface area contributed by atoms with E-state index < -0.39 is 5.97 Å². The minimum Gasteiger partial charge on any atom is -0.478 e. The van der Waals surface area contributed by atoms with Crippen LogP contribution in [0.2, 0.25) is 0 Å². The van der Waals surface area contributed by atoms with Crippen LogP contribution in [0.3, 0.4) is 0 Å². The summed E-state index contributed by atoms with van der Waals surface area (Å²) in [4.78, 5) is 11.7. The van der Waals surface area contributed by atoms with Crippen molar-refractivity contribution >= 4 is 5.97 Å². The van der Waals surface area contributed by atoms with E-state index in [0.29, 0.717) is 12.0 Å². The van der Waals surface area contributed by atoms with Gasteiger partial charge in [-0.15, -0.1) is 0 Å². The average molecular weight is 404 g/mol. The number of hydrogen-bond acceptors (Lipinski definition) is 2. The summed E-state index contributed by atoms with van der Waals surface area (Å²) in [5.74, 6) is -1.22. The maximum absolute atomic E-state index is 13.2. The van der Waals surface area contributed by atoms with Crippen LogP contribution in [0.25, 0.3) is 11.1 Å². The predicted molar refractivity (Wildman–Crippen MR) is 115 cm³/mol. The van der Waals surface area contributed by atoms with Gasteiger partial charge in [0.15, 0.2) is 0 Å². The van der Waals surface area contributed by atoms with Crippen molar-refractivity contribution in [3.63, 3.8) is 0 Å². The van der Waals surface area contributed by atoms with Gasteiger partial charge in [0.05, 0.1) is 11.7 Å². The van der Waals surface area contributed by atoms with Crippen LogP contribution in [0.15, 0.2) is 60.7 Å². The van der Waals surface area contributed by atoms with Crippen molar-refractivity contribution in [3.05, 3.63) is 94.3 Å². The Morgan fingerprint density at radius 3 is 2.47 bits per heavy atom. The summed E-state index contributed by atoms with van der Waals surface area (Å²) in [6, 6.07) is 18.0. The number of carbonyl (C=O) groups is 1. The first-order valence-corrected chi connectivity index (χ1v) is 10.4. The van der Waals surface area contributed by atoms with Gasteiger partial charge in [-0.1, -0.05) is 42.5 Å². The number of rotatable bonds is 6. The molecule has 0 spiro atoms. The molecule has 0 aliphatic heterocycles. The molecule has 0 amide bonds. The highest BCUT2D eigenvalue weighted by Gasteiger charge is 2.16. The molecule has 30 heavy (non-hydrogen) atoms. The molecule has 4 heteroatoms. The normalized spacial score (nSPS) is 15.6. The van der Waals surface area contributed by atoms with E-state index in [4.69, 9.17) is 0 Å². The van der Waals surface area contributed by atoms with E-state index >= 15 is 0 Å². The molecule has 0 heterocycles. The first-order chi connectivity index (χ1) is 14.5. The number of fused-ring (bicyclic) bond motifs is 1. The van der Waals surface area contributed by atoms with E-state index in [0.717, 1.165) is 48.8 Å². The molecule has 0 saturated carbocycles. The highest BCUT2D eigenvalue weighted by molar-refractivity contribution is 5.90. The van der Waals surface area contributed by atoms with E-state index in [1.807, 2.05) is 6.07 Å². The van der Waals surface area contributed by atoms with Crippen molar-refractivity contribution in [2.75, 3.05) is 0 Å². The average Bonchev–Trinajstić information content (AvgIpc) is 2.74. The van der Waals surface area contributed by atoms with Gasteiger partial charge in [-0.2, -0.15) is 0 Å². The van der Waals surface area contributed by atoms with Gasteiger partial charge < -0.3 is 10.2 Å². The Labute approximate surface area is 175 Å². The molecule has 0 saturated heterocycles. The smallest absolute Gasteiger partial charge is 0.335 e. The molecule has 3 aromatic rings. The SMILES string of the molecule is O=C(O)c1ccc(-c2ccc(F)cc2)cc1CCCc1ccc2c(c1)CC[C@@H](O)C2. The van der Waals surface area contributed by atoms with Crippen molar-refractivity contribution in [1.82, 2.24) is 0 Å². The molecule has 4 rings (SSSR count). The molecule has 154 valence electrons. The van der Waals surface area contributed by atoms with E-state index in [9.17, 15) is 19.4 Å². The van der Waals surface area contributed by atoms with Gasteiger partial charge in [0.25, 0.3) is 0 Å². The number of carboxylic acid groups (broad SMARTS) is 1. The van der Waals surface area contributed by atoms with Crippen molar-refractivity contribution in [3.8, 4) is 11.1 Å². The maximum atomic E-state index is 13.2. The first kappa shape index (κ1) is 20.3. The minimum absolute atomic E-state index is 0.230. The molecule has 3 aromatic carbocycles. The third-order valence-electron chi connectivity index (χ3n) is 5.90. The van der Waals surface area contributed by atoms with Gasteiger partial charge in [0, 0.05) is 0 Å². The fourth-order valence-corrected chi connectivity index (χ4v) is 4.26. The summed E-state index contributed by atoms with van der Waals surface area (Å²) in [6.07, 6.45) is 4.60. The van der Waals surface area contributed by atoms with Gasteiger partial charge in [0.1, 0.15) is 5.82 Å². The van der Waals surface area contributed by atoms with Crippen LogP contribution in [0.1, 0.15) is 45.5 Å². The number of aliphatic hydroxyl groups is 1. The third-order valence-corrected chi connectivity index (χ3v) is 5.90. The minimum atomic E-state index is -0.928. The van der Waals surface area contributed by atoms with E-state index in [1.54, 1.807) is 24.3 Å². The van der Waals surface area contributed by atoms with Crippen molar-refractivity contribution in [2.24, 2.45) is 0 Å². The number of halogens is 1. The number of hydrogen-bond donors (Lipinski definition) is 2. The third kappa shape index (κ3) is 4.60. The second-order valence-corrected chi connectivity index (χ2v) is 8.04. The van der Waals surface area contributed by atoms with Gasteiger partial charge in [-0.3, -0.25) is 0 Å². The Hall–Kier alpha value is -2.98. The van der Waals surface area contributed by atoms with Crippen LogP contribution in [0.4, 0.5) is 4.39 Å². The zero-order valence-corrected chi connectivity index (χ0v) is 16.8. The molecule has 0 bridgehead atoms. The summed E-state index contributed by atoms with van der Waals surface area (Å²) in [7, 11) is 0. The molecule has 3 nitrogen and oxygen atoms in total. The molecular weight excluding hydrogens is 379 g/mol. The zero-order chi connectivity index (χ0) is 21.1. The Kier molecular flexibility index (Phi) is 5.96. The largest absolute Gasteiger partial charge is 0.478 e. The Morgan fingerprint density at radius 2 is 1.70 bits per heavy atom. The second kappa shape index (κ2) is 8.80.